The van der Waals surface area contributed by atoms with Crippen molar-refractivity contribution in [3.63, 3.8) is 0 Å². The average molecular weight is 540 g/mol. The van der Waals surface area contributed by atoms with Crippen LogP contribution in [0, 0.1) is 12.8 Å². The number of benzene rings is 1. The number of ether oxygens (including phenoxy) is 3. The van der Waals surface area contributed by atoms with Crippen molar-refractivity contribution in [2.24, 2.45) is 5.92 Å². The van der Waals surface area contributed by atoms with Gasteiger partial charge in [-0.15, -0.1) is 0 Å². The zero-order valence-electron chi connectivity index (χ0n) is 24.1. The van der Waals surface area contributed by atoms with Crippen LogP contribution >= 0.6 is 0 Å². The van der Waals surface area contributed by atoms with E-state index in [2.05, 4.69) is 0 Å². The third-order valence-corrected chi connectivity index (χ3v) is 5.97. The zero-order chi connectivity index (χ0) is 28.8. The molecule has 1 unspecified atom stereocenters. The molecule has 2 atom stereocenters. The van der Waals surface area contributed by atoms with Crippen molar-refractivity contribution >= 4 is 24.3 Å². The molecule has 2 amide bonds. The maximum Gasteiger partial charge on any atom is 0.416 e. The van der Waals surface area contributed by atoms with Gasteiger partial charge in [-0.1, -0.05) is 30.3 Å². The third kappa shape index (κ3) is 9.35. The highest BCUT2D eigenvalue weighted by Gasteiger charge is 2.38. The summed E-state index contributed by atoms with van der Waals surface area (Å²) in [6.45, 7) is 13.9. The van der Waals surface area contributed by atoms with Gasteiger partial charge in [0.25, 0.3) is 0 Å². The number of rotatable bonds is 8. The molecule has 1 aromatic carbocycles. The van der Waals surface area contributed by atoms with Crippen molar-refractivity contribution in [1.29, 1.82) is 0 Å². The van der Waals surface area contributed by atoms with E-state index in [9.17, 15) is 14.4 Å². The molecule has 0 aliphatic carbocycles. The lowest BCUT2D eigenvalue weighted by Crippen LogP contribution is -2.37. The predicted octanol–water partition coefficient (Wildman–Crippen LogP) is 5.33. The monoisotopic (exact) mass is 539 g/mol. The number of anilines is 1. The molecule has 212 valence electrons. The van der Waals surface area contributed by atoms with E-state index in [-0.39, 0.29) is 18.6 Å². The molecule has 0 bridgehead atoms. The molecule has 2 aromatic rings. The Morgan fingerprint density at radius 2 is 1.69 bits per heavy atom. The Balaban J connectivity index is 1.88. The second-order valence-corrected chi connectivity index (χ2v) is 11.9. The van der Waals surface area contributed by atoms with Gasteiger partial charge < -0.3 is 23.9 Å². The summed E-state index contributed by atoms with van der Waals surface area (Å²) in [6, 6.07) is 13.5. The molecule has 1 fully saturated rings. The minimum Gasteiger partial charge on any atom is -0.444 e. The average Bonchev–Trinajstić information content (AvgIpc) is 3.22. The molecular formula is C30H41N3O6. The van der Waals surface area contributed by atoms with Gasteiger partial charge in [0.05, 0.1) is 19.2 Å². The Hall–Kier alpha value is -3.46. The third-order valence-electron chi connectivity index (χ3n) is 5.97. The van der Waals surface area contributed by atoms with Crippen LogP contribution in [0.1, 0.15) is 58.4 Å². The number of amides is 2. The summed E-state index contributed by atoms with van der Waals surface area (Å²) < 4.78 is 17.1. The quantitative estimate of drug-likeness (QED) is 0.419. The van der Waals surface area contributed by atoms with E-state index in [1.54, 1.807) is 9.80 Å². The van der Waals surface area contributed by atoms with E-state index < -0.39 is 23.4 Å². The van der Waals surface area contributed by atoms with Gasteiger partial charge in [-0.2, -0.15) is 0 Å². The fourth-order valence-electron chi connectivity index (χ4n) is 4.42. The normalized spacial score (nSPS) is 17.6. The molecule has 0 N–H and O–H groups in total. The summed E-state index contributed by atoms with van der Waals surface area (Å²) in [6.07, 6.45) is -0.0513. The standard InChI is InChI=1S/C30H41N3O6/c1-21-15-24(17-23-19-32(20-25(23)37-14-13-34)27(35)38-29(2,3)4)31-26(16-21)33(28(36)39-30(5,6)7)18-22-11-9-8-10-12-22/h8-13,15-16,23,25H,14,17-20H2,1-7H3/t23?,25-/m1/s1. The Morgan fingerprint density at radius 1 is 1.03 bits per heavy atom. The first kappa shape index (κ1) is 30.1. The molecule has 9 heteroatoms. The Bertz CT molecular complexity index is 1140. The zero-order valence-corrected chi connectivity index (χ0v) is 24.1. The number of aromatic nitrogens is 1. The summed E-state index contributed by atoms with van der Waals surface area (Å²) in [7, 11) is 0. The highest BCUT2D eigenvalue weighted by molar-refractivity contribution is 5.86. The van der Waals surface area contributed by atoms with Crippen LogP contribution in [0.3, 0.4) is 0 Å². The number of pyridine rings is 1. The largest absolute Gasteiger partial charge is 0.444 e. The second kappa shape index (κ2) is 12.6. The van der Waals surface area contributed by atoms with Gasteiger partial charge in [-0.05, 0) is 78.1 Å². The molecule has 39 heavy (non-hydrogen) atoms. The summed E-state index contributed by atoms with van der Waals surface area (Å²) in [5.41, 5.74) is 1.34. The number of carbonyl (C=O) groups is 3. The van der Waals surface area contributed by atoms with Gasteiger partial charge in [0.2, 0.25) is 0 Å². The van der Waals surface area contributed by atoms with Crippen LogP contribution in [0.4, 0.5) is 15.4 Å². The van der Waals surface area contributed by atoms with Gasteiger partial charge in [0, 0.05) is 18.2 Å². The maximum atomic E-state index is 13.3. The first-order valence-corrected chi connectivity index (χ1v) is 13.3. The van der Waals surface area contributed by atoms with Crippen LogP contribution in [0.5, 0.6) is 0 Å². The van der Waals surface area contributed by atoms with Gasteiger partial charge in [0.15, 0.2) is 0 Å². The molecular weight excluding hydrogens is 498 g/mol. The van der Waals surface area contributed by atoms with Crippen LogP contribution in [0.25, 0.3) is 0 Å². The first-order chi connectivity index (χ1) is 18.2. The summed E-state index contributed by atoms with van der Waals surface area (Å²) in [5, 5.41) is 0. The number of likely N-dealkylation sites (tertiary alicyclic amines) is 1. The van der Waals surface area contributed by atoms with Crippen molar-refractivity contribution in [3.05, 3.63) is 59.3 Å². The van der Waals surface area contributed by atoms with Crippen molar-refractivity contribution in [3.8, 4) is 0 Å². The highest BCUT2D eigenvalue weighted by atomic mass is 16.6. The molecule has 9 nitrogen and oxygen atoms in total. The summed E-state index contributed by atoms with van der Waals surface area (Å²) >= 11 is 0. The Kier molecular flexibility index (Phi) is 9.72. The van der Waals surface area contributed by atoms with Gasteiger partial charge in [0.1, 0.15) is 29.9 Å². The summed E-state index contributed by atoms with van der Waals surface area (Å²) in [5.74, 6) is 0.374. The van der Waals surface area contributed by atoms with Crippen LogP contribution in [0.15, 0.2) is 42.5 Å². The van der Waals surface area contributed by atoms with Crippen LogP contribution < -0.4 is 4.90 Å². The minimum atomic E-state index is -0.670. The molecule has 2 heterocycles. The molecule has 3 rings (SSSR count). The molecule has 0 saturated carbocycles. The topological polar surface area (TPSA) is 98.3 Å². The van der Waals surface area contributed by atoms with Crippen molar-refractivity contribution < 1.29 is 28.6 Å². The van der Waals surface area contributed by atoms with Crippen molar-refractivity contribution in [1.82, 2.24) is 9.88 Å². The molecule has 1 saturated heterocycles. The first-order valence-electron chi connectivity index (χ1n) is 13.3. The lowest BCUT2D eigenvalue weighted by atomic mass is 9.98. The van der Waals surface area contributed by atoms with Crippen LogP contribution in [-0.4, -0.2) is 65.4 Å². The van der Waals surface area contributed by atoms with Crippen LogP contribution in [0.2, 0.25) is 0 Å². The van der Waals surface area contributed by atoms with E-state index in [1.165, 1.54) is 0 Å². The smallest absolute Gasteiger partial charge is 0.416 e. The fourth-order valence-corrected chi connectivity index (χ4v) is 4.42. The molecule has 1 aliphatic rings. The van der Waals surface area contributed by atoms with Crippen LogP contribution in [-0.2, 0) is 32.0 Å². The Labute approximate surface area is 231 Å². The second-order valence-electron chi connectivity index (χ2n) is 11.9. The Morgan fingerprint density at radius 3 is 2.31 bits per heavy atom. The fraction of sp³-hybridized carbons (Fsp3) is 0.533. The van der Waals surface area contributed by atoms with Crippen molar-refractivity contribution in [2.75, 3.05) is 24.6 Å². The highest BCUT2D eigenvalue weighted by Crippen LogP contribution is 2.27. The number of aryl methyl sites for hydroxylation is 1. The minimum absolute atomic E-state index is 0.0562. The maximum absolute atomic E-state index is 13.3. The van der Waals surface area contributed by atoms with Gasteiger partial charge in [-0.3, -0.25) is 4.90 Å². The molecule has 1 aliphatic heterocycles. The lowest BCUT2D eigenvalue weighted by molar-refractivity contribution is -0.114. The van der Waals surface area contributed by atoms with E-state index >= 15 is 0 Å². The van der Waals surface area contributed by atoms with E-state index in [1.807, 2.05) is 90.9 Å². The van der Waals surface area contributed by atoms with E-state index in [4.69, 9.17) is 19.2 Å². The van der Waals surface area contributed by atoms with Gasteiger partial charge in [-0.25, -0.2) is 14.6 Å². The number of aldehydes is 1. The van der Waals surface area contributed by atoms with Gasteiger partial charge >= 0.3 is 12.2 Å². The van der Waals surface area contributed by atoms with Crippen molar-refractivity contribution in [2.45, 2.75) is 78.7 Å². The number of carbonyl (C=O) groups excluding carboxylic acids is 3. The summed E-state index contributed by atoms with van der Waals surface area (Å²) in [4.78, 5) is 45.1. The van der Waals surface area contributed by atoms with E-state index in [0.29, 0.717) is 38.2 Å². The predicted molar refractivity (Wildman–Crippen MR) is 149 cm³/mol. The van der Waals surface area contributed by atoms with E-state index in [0.717, 1.165) is 16.8 Å². The molecule has 0 spiro atoms. The molecule has 0 radical (unpaired) electrons. The SMILES string of the molecule is Cc1cc(CC2CN(C(=O)OC(C)(C)C)C[C@H]2OCC=O)nc(N(Cc2ccccc2)C(=O)OC(C)(C)C)c1. The number of nitrogens with zero attached hydrogens (tertiary/aromatic N) is 3. The number of hydrogen-bond donors (Lipinski definition) is 0. The molecule has 1 aromatic heterocycles. The number of hydrogen-bond acceptors (Lipinski definition) is 7. The lowest BCUT2D eigenvalue weighted by Gasteiger charge is -2.27.